The molecule has 12 heteroatoms. The van der Waals surface area contributed by atoms with Gasteiger partial charge >= 0.3 is 0 Å². The molecular weight excluding hydrogens is 526 g/mol. The maximum atomic E-state index is 15.3. The van der Waals surface area contributed by atoms with Crippen LogP contribution in [0.4, 0.5) is 17.6 Å². The Kier molecular flexibility index (Phi) is 5.86. The minimum absolute atomic E-state index is 0.0108. The van der Waals surface area contributed by atoms with E-state index in [1.54, 1.807) is 24.3 Å². The van der Waals surface area contributed by atoms with Gasteiger partial charge in [-0.1, -0.05) is 24.3 Å². The quantitative estimate of drug-likeness (QED) is 0.366. The summed E-state index contributed by atoms with van der Waals surface area (Å²) >= 11 is 1.27. The van der Waals surface area contributed by atoms with Gasteiger partial charge in [0.2, 0.25) is 5.43 Å². The third-order valence-electron chi connectivity index (χ3n) is 6.86. The van der Waals surface area contributed by atoms with Crippen molar-refractivity contribution in [1.82, 2.24) is 9.58 Å². The van der Waals surface area contributed by atoms with Crippen LogP contribution in [-0.2, 0) is 5.75 Å². The number of halogens is 4. The molecule has 2 aromatic carbocycles. The van der Waals surface area contributed by atoms with E-state index in [-0.39, 0.29) is 29.2 Å². The van der Waals surface area contributed by atoms with Gasteiger partial charge in [0.05, 0.1) is 0 Å². The Bertz CT molecular complexity index is 1560. The zero-order chi connectivity index (χ0) is 26.7. The second-order valence-electron chi connectivity index (χ2n) is 8.93. The number of benzene rings is 2. The first-order valence-electron chi connectivity index (χ1n) is 11.6. The van der Waals surface area contributed by atoms with Crippen LogP contribution in [0.3, 0.4) is 0 Å². The van der Waals surface area contributed by atoms with E-state index in [0.717, 1.165) is 23.1 Å². The van der Waals surface area contributed by atoms with Crippen molar-refractivity contribution in [3.8, 4) is 11.5 Å². The van der Waals surface area contributed by atoms with Crippen LogP contribution < -0.4 is 15.2 Å². The predicted octanol–water partition coefficient (Wildman–Crippen LogP) is 4.16. The Morgan fingerprint density at radius 2 is 1.92 bits per heavy atom. The van der Waals surface area contributed by atoms with Gasteiger partial charge in [-0.15, -0.1) is 11.8 Å². The molecule has 0 spiro atoms. The Morgan fingerprint density at radius 3 is 2.71 bits per heavy atom. The number of carbonyl (C=O) groups excluding carboxylic acids is 1. The second-order valence-corrected chi connectivity index (χ2v) is 9.95. The molecule has 1 N–H and O–H groups in total. The molecule has 0 saturated heterocycles. The maximum Gasteiger partial charge on any atom is 0.278 e. The first-order chi connectivity index (χ1) is 18.3. The average molecular weight is 546 g/mol. The molecule has 196 valence electrons. The van der Waals surface area contributed by atoms with Gasteiger partial charge in [-0.25, -0.2) is 17.6 Å². The highest BCUT2D eigenvalue weighted by molar-refractivity contribution is 7.98. The van der Waals surface area contributed by atoms with Gasteiger partial charge in [-0.3, -0.25) is 19.3 Å². The number of rotatable bonds is 1. The molecule has 0 saturated carbocycles. The molecular formula is C26H19F4N3O4S. The van der Waals surface area contributed by atoms with Crippen molar-refractivity contribution in [1.29, 1.82) is 0 Å². The van der Waals surface area contributed by atoms with Crippen molar-refractivity contribution in [3.05, 3.63) is 99.0 Å². The Morgan fingerprint density at radius 1 is 1.13 bits per heavy atom. The van der Waals surface area contributed by atoms with Gasteiger partial charge in [-0.05, 0) is 17.7 Å². The number of ether oxygens (including phenoxy) is 1. The van der Waals surface area contributed by atoms with E-state index in [9.17, 15) is 27.9 Å². The number of nitrogens with zero attached hydrogens (tertiary/aromatic N) is 3. The van der Waals surface area contributed by atoms with Gasteiger partial charge < -0.3 is 14.7 Å². The lowest BCUT2D eigenvalue weighted by atomic mass is 9.92. The van der Waals surface area contributed by atoms with Crippen LogP contribution in [0.2, 0.25) is 0 Å². The molecule has 0 radical (unpaired) electrons. The minimum atomic E-state index is -3.02. The lowest BCUT2D eigenvalue weighted by Gasteiger charge is -2.45. The summed E-state index contributed by atoms with van der Waals surface area (Å²) in [4.78, 5) is 27.4. The summed E-state index contributed by atoms with van der Waals surface area (Å²) in [6.07, 6.45) is 0.589. The lowest BCUT2D eigenvalue weighted by molar-refractivity contribution is 0.0277. The van der Waals surface area contributed by atoms with E-state index in [1.165, 1.54) is 33.7 Å². The van der Waals surface area contributed by atoms with Crippen molar-refractivity contribution in [2.75, 3.05) is 18.3 Å². The summed E-state index contributed by atoms with van der Waals surface area (Å²) in [5.41, 5.74) is -0.484. The smallest absolute Gasteiger partial charge is 0.278 e. The number of carbonyl (C=O) groups is 1. The number of thioether (sulfide) groups is 1. The highest BCUT2D eigenvalue weighted by atomic mass is 32.2. The van der Waals surface area contributed by atoms with Crippen LogP contribution in [-0.4, -0.2) is 46.3 Å². The monoisotopic (exact) mass is 545 g/mol. The van der Waals surface area contributed by atoms with Gasteiger partial charge in [0.15, 0.2) is 23.1 Å². The highest BCUT2D eigenvalue weighted by Crippen LogP contribution is 2.47. The van der Waals surface area contributed by atoms with E-state index < -0.39 is 59.6 Å². The number of alkyl halides is 2. The lowest BCUT2D eigenvalue weighted by Crippen LogP contribution is -2.59. The molecule has 2 atom stereocenters. The number of aromatic hydroxyl groups is 1. The number of hydrogen-bond donors (Lipinski definition) is 1. The standard InChI is InChI=1S/C26H19F4N3O4S/c27-15-10-18-20-14(21(15)28)11-38-19-6-2-1-4-13(19)22(20)33-12-31(16(25(29)30)5-3-9-37-18)26(36)23-24(35)17(34)7-8-32(23)33/h1-8,10,16,22,25,35H,9,11-12H2/b5-3+/t16?,22-/m1/s1. The molecule has 3 aliphatic heterocycles. The molecule has 4 heterocycles. The van der Waals surface area contributed by atoms with Crippen molar-refractivity contribution < 1.29 is 32.2 Å². The van der Waals surface area contributed by atoms with Crippen LogP contribution in [0.25, 0.3) is 0 Å². The summed E-state index contributed by atoms with van der Waals surface area (Å²) < 4.78 is 65.7. The van der Waals surface area contributed by atoms with Gasteiger partial charge in [-0.2, -0.15) is 0 Å². The van der Waals surface area contributed by atoms with E-state index in [0.29, 0.717) is 10.5 Å². The number of amides is 1. The van der Waals surface area contributed by atoms with Crippen LogP contribution in [0.1, 0.15) is 33.2 Å². The summed E-state index contributed by atoms with van der Waals surface area (Å²) in [6.45, 7) is -0.671. The molecule has 2 bridgehead atoms. The molecule has 38 heavy (non-hydrogen) atoms. The molecule has 1 aromatic heterocycles. The predicted molar refractivity (Wildman–Crippen MR) is 130 cm³/mol. The molecule has 3 aromatic rings. The molecule has 0 fully saturated rings. The maximum absolute atomic E-state index is 15.3. The zero-order valence-electron chi connectivity index (χ0n) is 19.5. The third kappa shape index (κ3) is 3.65. The second kappa shape index (κ2) is 9.12. The fourth-order valence-electron chi connectivity index (χ4n) is 5.13. The Hall–Kier alpha value is -3.93. The average Bonchev–Trinajstić information content (AvgIpc) is 3.08. The molecule has 1 amide bonds. The number of fused-ring (bicyclic) bond motifs is 7. The number of pyridine rings is 1. The minimum Gasteiger partial charge on any atom is -0.502 e. The van der Waals surface area contributed by atoms with Crippen LogP contribution in [0.15, 0.2) is 64.4 Å². The molecule has 3 aliphatic rings. The van der Waals surface area contributed by atoms with Crippen LogP contribution in [0.5, 0.6) is 11.5 Å². The molecule has 6 rings (SSSR count). The van der Waals surface area contributed by atoms with Gasteiger partial charge in [0, 0.05) is 40.1 Å². The fraction of sp³-hybridized carbons (Fsp3) is 0.231. The van der Waals surface area contributed by atoms with E-state index in [4.69, 9.17) is 4.74 Å². The molecule has 1 unspecified atom stereocenters. The van der Waals surface area contributed by atoms with Crippen LogP contribution in [0, 0.1) is 11.6 Å². The van der Waals surface area contributed by atoms with Crippen molar-refractivity contribution in [2.45, 2.75) is 29.2 Å². The normalized spacial score (nSPS) is 21.0. The zero-order valence-corrected chi connectivity index (χ0v) is 20.3. The van der Waals surface area contributed by atoms with Crippen LogP contribution >= 0.6 is 11.8 Å². The van der Waals surface area contributed by atoms with Crippen molar-refractivity contribution >= 4 is 17.7 Å². The first-order valence-corrected chi connectivity index (χ1v) is 12.6. The number of hydrogen-bond acceptors (Lipinski definition) is 6. The number of aromatic nitrogens is 1. The Balaban J connectivity index is 1.72. The van der Waals surface area contributed by atoms with Gasteiger partial charge in [0.25, 0.3) is 12.3 Å². The largest absolute Gasteiger partial charge is 0.502 e. The summed E-state index contributed by atoms with van der Waals surface area (Å²) in [6, 6.07) is 6.34. The molecule has 0 aliphatic carbocycles. The van der Waals surface area contributed by atoms with Crippen molar-refractivity contribution in [2.24, 2.45) is 0 Å². The van der Waals surface area contributed by atoms with E-state index >= 15 is 4.39 Å². The van der Waals surface area contributed by atoms with E-state index in [1.807, 2.05) is 0 Å². The summed E-state index contributed by atoms with van der Waals surface area (Å²) in [5, 5.41) is 12.1. The van der Waals surface area contributed by atoms with Crippen molar-refractivity contribution in [3.63, 3.8) is 0 Å². The SMILES string of the molecule is O=C1c2c(O)c(=O)ccn2N2CN1C(C(F)F)/C=C/COc1cc(F)c(F)c3c1[C@H]2c1ccccc1SC3. The Labute approximate surface area is 217 Å². The summed E-state index contributed by atoms with van der Waals surface area (Å²) in [5.74, 6) is -4.01. The summed E-state index contributed by atoms with van der Waals surface area (Å²) in [7, 11) is 0. The first kappa shape index (κ1) is 24.4. The van der Waals surface area contributed by atoms with Gasteiger partial charge in [0.1, 0.15) is 31.1 Å². The molecule has 7 nitrogen and oxygen atoms in total. The third-order valence-corrected chi connectivity index (χ3v) is 7.97. The van der Waals surface area contributed by atoms with E-state index in [2.05, 4.69) is 0 Å². The highest BCUT2D eigenvalue weighted by Gasteiger charge is 2.44. The fourth-order valence-corrected chi connectivity index (χ4v) is 6.23. The topological polar surface area (TPSA) is 75.0 Å².